The first kappa shape index (κ1) is 10.8. The molecule has 0 aliphatic carbocycles. The highest BCUT2D eigenvalue weighted by molar-refractivity contribution is 6.20. The van der Waals surface area contributed by atoms with Crippen molar-refractivity contribution in [2.45, 2.75) is 44.2 Å². The number of aromatic nitrogens is 4. The fraction of sp³-hybridized carbons (Fsp3) is 0.889. The minimum absolute atomic E-state index is 0.107. The first-order valence-electron chi connectivity index (χ1n) is 5.10. The van der Waals surface area contributed by atoms with Crippen LogP contribution < -0.4 is 0 Å². The minimum Gasteiger partial charge on any atom is -0.376 e. The van der Waals surface area contributed by atoms with Crippen molar-refractivity contribution in [3.05, 3.63) is 5.82 Å². The quantitative estimate of drug-likeness (QED) is 0.723. The van der Waals surface area contributed by atoms with Gasteiger partial charge < -0.3 is 4.74 Å². The van der Waals surface area contributed by atoms with Crippen LogP contribution >= 0.6 is 11.6 Å². The second kappa shape index (κ2) is 3.72. The lowest BCUT2D eigenvalue weighted by Crippen LogP contribution is -2.39. The summed E-state index contributed by atoms with van der Waals surface area (Å²) in [5.41, 5.74) is -0.179. The van der Waals surface area contributed by atoms with Crippen molar-refractivity contribution >= 4 is 11.6 Å². The lowest BCUT2D eigenvalue weighted by atomic mass is 9.95. The van der Waals surface area contributed by atoms with Gasteiger partial charge in [0.2, 0.25) is 0 Å². The first-order valence-corrected chi connectivity index (χ1v) is 5.54. The largest absolute Gasteiger partial charge is 0.376 e. The Kier molecular flexibility index (Phi) is 2.68. The number of alkyl halides is 1. The van der Waals surface area contributed by atoms with Crippen LogP contribution in [0.4, 0.5) is 0 Å². The molecular weight excluding hydrogens is 216 g/mol. The Hall–Kier alpha value is -0.680. The van der Waals surface area contributed by atoms with Crippen LogP contribution in [0.2, 0.25) is 0 Å². The van der Waals surface area contributed by atoms with Gasteiger partial charge in [0.05, 0.1) is 17.0 Å². The first-order chi connectivity index (χ1) is 7.05. The van der Waals surface area contributed by atoms with Gasteiger partial charge in [0.25, 0.3) is 0 Å². The normalized spacial score (nSPS) is 33.2. The number of nitrogens with zero attached hydrogens (tertiary/aromatic N) is 4. The summed E-state index contributed by atoms with van der Waals surface area (Å²) in [6.07, 6.45) is 1.02. The van der Waals surface area contributed by atoms with Gasteiger partial charge in [-0.3, -0.25) is 0 Å². The second-order valence-electron chi connectivity index (χ2n) is 4.19. The third kappa shape index (κ3) is 1.63. The van der Waals surface area contributed by atoms with Crippen LogP contribution in [-0.2, 0) is 10.3 Å². The Balaban J connectivity index is 2.40. The molecule has 0 aromatic carbocycles. The highest BCUT2D eigenvalue weighted by Crippen LogP contribution is 2.34. The molecule has 1 aromatic rings. The molecule has 84 valence electrons. The van der Waals surface area contributed by atoms with E-state index in [1.807, 2.05) is 18.5 Å². The van der Waals surface area contributed by atoms with Crippen molar-refractivity contribution in [2.75, 3.05) is 6.61 Å². The van der Waals surface area contributed by atoms with Gasteiger partial charge in [-0.15, -0.1) is 16.7 Å². The van der Waals surface area contributed by atoms with Gasteiger partial charge in [0.15, 0.2) is 5.82 Å². The van der Waals surface area contributed by atoms with Crippen molar-refractivity contribution in [3.63, 3.8) is 0 Å². The Bertz CT molecular complexity index is 354. The Labute approximate surface area is 93.7 Å². The van der Waals surface area contributed by atoms with E-state index in [0.717, 1.165) is 13.0 Å². The monoisotopic (exact) mass is 230 g/mol. The van der Waals surface area contributed by atoms with Crippen molar-refractivity contribution < 1.29 is 4.74 Å². The van der Waals surface area contributed by atoms with Crippen LogP contribution in [0.5, 0.6) is 0 Å². The molecule has 6 heteroatoms. The Morgan fingerprint density at radius 1 is 1.67 bits per heavy atom. The molecule has 1 aliphatic rings. The highest BCUT2D eigenvalue weighted by Gasteiger charge is 2.42. The molecular formula is C9H15ClN4O. The summed E-state index contributed by atoms with van der Waals surface area (Å²) in [5, 5.41) is 11.5. The topological polar surface area (TPSA) is 52.8 Å². The molecule has 1 saturated heterocycles. The molecule has 2 heterocycles. The minimum atomic E-state index is -0.190. The van der Waals surface area contributed by atoms with E-state index < -0.39 is 0 Å². The van der Waals surface area contributed by atoms with E-state index in [9.17, 15) is 0 Å². The van der Waals surface area contributed by atoms with Crippen LogP contribution in [0.15, 0.2) is 0 Å². The molecule has 0 N–H and O–H groups in total. The third-order valence-corrected chi connectivity index (χ3v) is 3.38. The van der Waals surface area contributed by atoms with E-state index in [4.69, 9.17) is 16.3 Å². The summed E-state index contributed by atoms with van der Waals surface area (Å²) in [6.45, 7) is 6.75. The maximum Gasteiger partial charge on any atom is 0.169 e. The zero-order chi connectivity index (χ0) is 11.1. The Morgan fingerprint density at radius 2 is 2.40 bits per heavy atom. The van der Waals surface area contributed by atoms with Crippen LogP contribution in [0, 0.1) is 0 Å². The molecule has 0 radical (unpaired) electrons. The fourth-order valence-corrected chi connectivity index (χ4v) is 2.05. The predicted octanol–water partition coefficient (Wildman–Crippen LogP) is 1.50. The van der Waals surface area contributed by atoms with E-state index in [1.54, 1.807) is 0 Å². The summed E-state index contributed by atoms with van der Waals surface area (Å²) < 4.78 is 7.38. The number of rotatable bonds is 2. The molecule has 3 unspecified atom stereocenters. The number of ether oxygens (including phenoxy) is 1. The molecule has 0 amide bonds. The van der Waals surface area contributed by atoms with E-state index in [0.29, 0.717) is 5.82 Å². The van der Waals surface area contributed by atoms with Crippen LogP contribution in [0.1, 0.15) is 38.4 Å². The molecule has 1 aromatic heterocycles. The molecule has 1 fully saturated rings. The lowest BCUT2D eigenvalue weighted by molar-refractivity contribution is 0.0685. The van der Waals surface area contributed by atoms with E-state index >= 15 is 0 Å². The number of halogens is 1. The summed E-state index contributed by atoms with van der Waals surface area (Å²) in [5.74, 6) is 0.705. The average molecular weight is 231 g/mol. The Morgan fingerprint density at radius 3 is 2.93 bits per heavy atom. The summed E-state index contributed by atoms with van der Waals surface area (Å²) in [6, 6.07) is 0. The molecule has 0 saturated carbocycles. The summed E-state index contributed by atoms with van der Waals surface area (Å²) >= 11 is 6.03. The maximum atomic E-state index is 6.03. The third-order valence-electron chi connectivity index (χ3n) is 3.19. The molecule has 5 nitrogen and oxygen atoms in total. The summed E-state index contributed by atoms with van der Waals surface area (Å²) in [4.78, 5) is 0. The van der Waals surface area contributed by atoms with Gasteiger partial charge in [0, 0.05) is 6.61 Å². The van der Waals surface area contributed by atoms with Gasteiger partial charge >= 0.3 is 0 Å². The molecule has 15 heavy (non-hydrogen) atoms. The van der Waals surface area contributed by atoms with Crippen LogP contribution in [0.3, 0.4) is 0 Å². The van der Waals surface area contributed by atoms with Gasteiger partial charge in [-0.1, -0.05) is 0 Å². The van der Waals surface area contributed by atoms with Gasteiger partial charge in [0.1, 0.15) is 0 Å². The standard InChI is InChI=1S/C9H15ClN4O/c1-6(10)8-11-12-13-14(8)9(3)4-5-15-7(9)2/h6-7H,4-5H2,1-3H3. The molecule has 0 spiro atoms. The lowest BCUT2D eigenvalue weighted by Gasteiger charge is -2.28. The van der Waals surface area contributed by atoms with Crippen molar-refractivity contribution in [2.24, 2.45) is 0 Å². The van der Waals surface area contributed by atoms with Gasteiger partial charge in [-0.05, 0) is 37.6 Å². The van der Waals surface area contributed by atoms with Crippen LogP contribution in [0.25, 0.3) is 0 Å². The number of hydrogen-bond acceptors (Lipinski definition) is 4. The fourth-order valence-electron chi connectivity index (χ4n) is 1.91. The summed E-state index contributed by atoms with van der Waals surface area (Å²) in [7, 11) is 0. The molecule has 0 bridgehead atoms. The second-order valence-corrected chi connectivity index (χ2v) is 4.84. The predicted molar refractivity (Wildman–Crippen MR) is 55.8 cm³/mol. The van der Waals surface area contributed by atoms with Crippen LogP contribution in [-0.4, -0.2) is 32.9 Å². The van der Waals surface area contributed by atoms with Crippen molar-refractivity contribution in [1.29, 1.82) is 0 Å². The molecule has 3 atom stereocenters. The highest BCUT2D eigenvalue weighted by atomic mass is 35.5. The van der Waals surface area contributed by atoms with Crippen molar-refractivity contribution in [1.82, 2.24) is 20.2 Å². The average Bonchev–Trinajstić information content (AvgIpc) is 2.75. The van der Waals surface area contributed by atoms with E-state index in [2.05, 4.69) is 22.4 Å². The number of tetrazole rings is 1. The molecule has 2 rings (SSSR count). The zero-order valence-corrected chi connectivity index (χ0v) is 9.90. The van der Waals surface area contributed by atoms with Crippen molar-refractivity contribution in [3.8, 4) is 0 Å². The van der Waals surface area contributed by atoms with E-state index in [1.165, 1.54) is 0 Å². The molecule has 1 aliphatic heterocycles. The maximum absolute atomic E-state index is 6.03. The SMILES string of the molecule is CC(Cl)c1nnnn1C1(C)CCOC1C. The van der Waals surface area contributed by atoms with E-state index in [-0.39, 0.29) is 17.0 Å². The smallest absolute Gasteiger partial charge is 0.169 e. The van der Waals surface area contributed by atoms with Gasteiger partial charge in [-0.2, -0.15) is 0 Å². The zero-order valence-electron chi connectivity index (χ0n) is 9.14. The van der Waals surface area contributed by atoms with Gasteiger partial charge in [-0.25, -0.2) is 4.68 Å². The number of hydrogen-bond donors (Lipinski definition) is 0.